The Labute approximate surface area is 222 Å². The topological polar surface area (TPSA) is 98.1 Å². The second kappa shape index (κ2) is 12.6. The molecule has 3 rings (SSSR count). The van der Waals surface area contributed by atoms with Gasteiger partial charge in [-0.25, -0.2) is 0 Å². The second-order valence-corrected chi connectivity index (χ2v) is 9.52. The van der Waals surface area contributed by atoms with Crippen LogP contribution in [0.4, 0.5) is 18.9 Å². The molecule has 0 aliphatic rings. The van der Waals surface area contributed by atoms with E-state index in [1.54, 1.807) is 42.0 Å². The fourth-order valence-corrected chi connectivity index (χ4v) is 4.29. The number of carbonyl (C=O) groups is 2. The maximum Gasteiger partial charge on any atom is 0.416 e. The van der Waals surface area contributed by atoms with Gasteiger partial charge >= 0.3 is 6.18 Å². The maximum atomic E-state index is 12.9. The lowest BCUT2D eigenvalue weighted by molar-refractivity contribution is -0.137. The van der Waals surface area contributed by atoms with Crippen LogP contribution in [-0.2, 0) is 17.5 Å². The van der Waals surface area contributed by atoms with Gasteiger partial charge in [0, 0.05) is 17.8 Å². The number of methoxy groups -OCH3 is 1. The average Bonchev–Trinajstić information content (AvgIpc) is 3.27. The lowest BCUT2D eigenvalue weighted by atomic mass is 10.0. The first-order valence-corrected chi connectivity index (χ1v) is 12.6. The molecule has 0 saturated carbocycles. The Morgan fingerprint density at radius 2 is 1.87 bits per heavy atom. The summed E-state index contributed by atoms with van der Waals surface area (Å²) in [6, 6.07) is 10.6. The number of rotatable bonds is 11. The van der Waals surface area contributed by atoms with Crippen molar-refractivity contribution in [1.82, 2.24) is 20.1 Å². The van der Waals surface area contributed by atoms with E-state index in [9.17, 15) is 22.8 Å². The molecule has 12 heteroatoms. The number of benzene rings is 2. The molecule has 202 valence electrons. The number of carbonyl (C=O) groups excluding carboxylic acids is 2. The van der Waals surface area contributed by atoms with Gasteiger partial charge in [0.05, 0.1) is 24.5 Å². The van der Waals surface area contributed by atoms with Crippen LogP contribution in [0.1, 0.15) is 41.6 Å². The number of thioether (sulfide) groups is 1. The Morgan fingerprint density at radius 1 is 1.16 bits per heavy atom. The summed E-state index contributed by atoms with van der Waals surface area (Å²) in [7, 11) is 1.54. The van der Waals surface area contributed by atoms with E-state index >= 15 is 0 Å². The Kier molecular flexibility index (Phi) is 9.56. The molecule has 3 aromatic rings. The molecule has 2 aromatic carbocycles. The molecule has 38 heavy (non-hydrogen) atoms. The standard InChI is InChI=1S/C26H28F3N5O3S/c1-5-13-34-23(22(16(2)3)31-24(36)17-9-11-20(37-4)12-10-17)32-33-25(34)38-15-21(35)30-19-8-6-7-18(14-19)26(27,28)29/h5-12,14,16,22H,1,13,15H2,2-4H3,(H,30,35)(H,31,36)/t22-/m0/s1. The Bertz CT molecular complexity index is 1280. The molecule has 2 N–H and O–H groups in total. The molecular weight excluding hydrogens is 519 g/mol. The number of ether oxygens (including phenoxy) is 1. The molecule has 1 heterocycles. The number of anilines is 1. The predicted molar refractivity (Wildman–Crippen MR) is 139 cm³/mol. The summed E-state index contributed by atoms with van der Waals surface area (Å²) in [6.07, 6.45) is -2.87. The number of hydrogen-bond donors (Lipinski definition) is 2. The quantitative estimate of drug-likeness (QED) is 0.248. The molecular formula is C26H28F3N5O3S. The zero-order valence-electron chi connectivity index (χ0n) is 21.1. The van der Waals surface area contributed by atoms with Crippen molar-refractivity contribution in [2.75, 3.05) is 18.2 Å². The van der Waals surface area contributed by atoms with Gasteiger partial charge in [0.1, 0.15) is 5.75 Å². The van der Waals surface area contributed by atoms with Crippen molar-refractivity contribution in [3.63, 3.8) is 0 Å². The van der Waals surface area contributed by atoms with Gasteiger partial charge in [-0.15, -0.1) is 16.8 Å². The minimum atomic E-state index is -4.51. The summed E-state index contributed by atoms with van der Waals surface area (Å²) in [5, 5.41) is 14.4. The number of hydrogen-bond acceptors (Lipinski definition) is 6. The molecule has 0 unspecified atom stereocenters. The highest BCUT2D eigenvalue weighted by atomic mass is 32.2. The van der Waals surface area contributed by atoms with Crippen LogP contribution in [-0.4, -0.2) is 39.4 Å². The van der Waals surface area contributed by atoms with Gasteiger partial charge in [-0.1, -0.05) is 37.8 Å². The van der Waals surface area contributed by atoms with Crippen LogP contribution >= 0.6 is 11.8 Å². The first-order chi connectivity index (χ1) is 18.0. The van der Waals surface area contributed by atoms with Gasteiger partial charge in [-0.2, -0.15) is 13.2 Å². The summed E-state index contributed by atoms with van der Waals surface area (Å²) in [6.45, 7) is 7.95. The monoisotopic (exact) mass is 547 g/mol. The fourth-order valence-electron chi connectivity index (χ4n) is 3.53. The summed E-state index contributed by atoms with van der Waals surface area (Å²) in [4.78, 5) is 25.4. The SMILES string of the molecule is C=CCn1c(SCC(=O)Nc2cccc(C(F)(F)F)c2)nnc1[C@@H](NC(=O)c1ccc(OC)cc1)C(C)C. The van der Waals surface area contributed by atoms with Gasteiger partial charge in [0.2, 0.25) is 5.91 Å². The first-order valence-electron chi connectivity index (χ1n) is 11.6. The summed E-state index contributed by atoms with van der Waals surface area (Å²) in [5.41, 5.74) is -0.360. The third-order valence-electron chi connectivity index (χ3n) is 5.45. The zero-order valence-corrected chi connectivity index (χ0v) is 21.9. The van der Waals surface area contributed by atoms with E-state index in [1.165, 1.54) is 12.1 Å². The van der Waals surface area contributed by atoms with E-state index in [0.29, 0.717) is 28.8 Å². The molecule has 1 aromatic heterocycles. The molecule has 0 radical (unpaired) electrons. The van der Waals surface area contributed by atoms with Crippen molar-refractivity contribution in [1.29, 1.82) is 0 Å². The molecule has 0 aliphatic carbocycles. The second-order valence-electron chi connectivity index (χ2n) is 8.58. The highest BCUT2D eigenvalue weighted by Gasteiger charge is 2.30. The van der Waals surface area contributed by atoms with Crippen molar-refractivity contribution in [2.45, 2.75) is 37.8 Å². The number of allylic oxidation sites excluding steroid dienone is 1. The van der Waals surface area contributed by atoms with E-state index < -0.39 is 23.7 Å². The molecule has 0 spiro atoms. The Balaban J connectivity index is 1.73. The average molecular weight is 548 g/mol. The third kappa shape index (κ3) is 7.37. The van der Waals surface area contributed by atoms with E-state index in [1.807, 2.05) is 13.8 Å². The molecule has 2 amide bonds. The lowest BCUT2D eigenvalue weighted by Crippen LogP contribution is -2.33. The van der Waals surface area contributed by atoms with Crippen LogP contribution in [0.15, 0.2) is 66.3 Å². The van der Waals surface area contributed by atoms with E-state index in [0.717, 1.165) is 23.9 Å². The number of nitrogens with one attached hydrogen (secondary N) is 2. The van der Waals surface area contributed by atoms with Gasteiger partial charge in [-0.05, 0) is 48.4 Å². The van der Waals surface area contributed by atoms with Crippen LogP contribution in [0.25, 0.3) is 0 Å². The summed E-state index contributed by atoms with van der Waals surface area (Å²) >= 11 is 1.07. The van der Waals surface area contributed by atoms with Gasteiger partial charge < -0.3 is 19.9 Å². The lowest BCUT2D eigenvalue weighted by Gasteiger charge is -2.22. The molecule has 0 aliphatic heterocycles. The van der Waals surface area contributed by atoms with E-state index in [-0.39, 0.29) is 23.3 Å². The normalized spacial score (nSPS) is 12.2. The minimum Gasteiger partial charge on any atom is -0.497 e. The zero-order chi connectivity index (χ0) is 27.9. The highest BCUT2D eigenvalue weighted by Crippen LogP contribution is 2.31. The number of nitrogens with zero attached hydrogens (tertiary/aromatic N) is 3. The minimum absolute atomic E-state index is 0.0415. The van der Waals surface area contributed by atoms with E-state index in [2.05, 4.69) is 27.4 Å². The fraction of sp³-hybridized carbons (Fsp3) is 0.308. The van der Waals surface area contributed by atoms with Crippen molar-refractivity contribution in [3.05, 3.63) is 78.1 Å². The number of halogens is 3. The van der Waals surface area contributed by atoms with Crippen LogP contribution in [0.3, 0.4) is 0 Å². The molecule has 0 saturated heterocycles. The Morgan fingerprint density at radius 3 is 2.47 bits per heavy atom. The summed E-state index contributed by atoms with van der Waals surface area (Å²) in [5.74, 6) is 0.156. The van der Waals surface area contributed by atoms with Gasteiger partial charge in [-0.3, -0.25) is 9.59 Å². The van der Waals surface area contributed by atoms with Crippen molar-refractivity contribution >= 4 is 29.3 Å². The van der Waals surface area contributed by atoms with Crippen LogP contribution in [0.5, 0.6) is 5.75 Å². The van der Waals surface area contributed by atoms with Crippen molar-refractivity contribution in [2.24, 2.45) is 5.92 Å². The molecule has 0 fully saturated rings. The van der Waals surface area contributed by atoms with Crippen molar-refractivity contribution < 1.29 is 27.5 Å². The highest BCUT2D eigenvalue weighted by molar-refractivity contribution is 7.99. The van der Waals surface area contributed by atoms with E-state index in [4.69, 9.17) is 4.74 Å². The predicted octanol–water partition coefficient (Wildman–Crippen LogP) is 5.35. The maximum absolute atomic E-state index is 12.9. The summed E-state index contributed by atoms with van der Waals surface area (Å²) < 4.78 is 45.7. The van der Waals surface area contributed by atoms with Crippen LogP contribution in [0.2, 0.25) is 0 Å². The Hall–Kier alpha value is -3.80. The smallest absolute Gasteiger partial charge is 0.416 e. The number of amides is 2. The first kappa shape index (κ1) is 28.8. The molecule has 0 bridgehead atoms. The van der Waals surface area contributed by atoms with Crippen molar-refractivity contribution in [3.8, 4) is 5.75 Å². The van der Waals surface area contributed by atoms with Gasteiger partial charge in [0.25, 0.3) is 5.91 Å². The number of alkyl halides is 3. The molecule has 1 atom stereocenters. The van der Waals surface area contributed by atoms with Crippen LogP contribution in [0, 0.1) is 5.92 Å². The number of aromatic nitrogens is 3. The van der Waals surface area contributed by atoms with Gasteiger partial charge in [0.15, 0.2) is 11.0 Å². The largest absolute Gasteiger partial charge is 0.497 e. The molecule has 8 nitrogen and oxygen atoms in total. The van der Waals surface area contributed by atoms with Crippen LogP contribution < -0.4 is 15.4 Å². The third-order valence-corrected chi connectivity index (χ3v) is 6.41.